The van der Waals surface area contributed by atoms with Crippen LogP contribution in [0.25, 0.3) is 0 Å². The summed E-state index contributed by atoms with van der Waals surface area (Å²) in [6.45, 7) is 4.54. The van der Waals surface area contributed by atoms with Gasteiger partial charge in [0.05, 0.1) is 0 Å². The molecule has 2 rings (SSSR count). The second-order valence-corrected chi connectivity index (χ2v) is 5.57. The number of hydrogen-bond donors (Lipinski definition) is 1. The maximum absolute atomic E-state index is 12.6. The molecule has 1 saturated heterocycles. The first-order valence-corrected chi connectivity index (χ1v) is 7.39. The molecule has 0 aromatic heterocycles. The van der Waals surface area contributed by atoms with E-state index in [0.717, 1.165) is 38.5 Å². The highest BCUT2D eigenvalue weighted by atomic mass is 16.2. The monoisotopic (exact) mass is 264 g/mol. The third-order valence-corrected chi connectivity index (χ3v) is 4.34. The topological polar surface area (TPSA) is 49.4 Å². The van der Waals surface area contributed by atoms with Gasteiger partial charge >= 0.3 is 0 Å². The summed E-state index contributed by atoms with van der Waals surface area (Å²) in [5.74, 6) is 0.161. The van der Waals surface area contributed by atoms with Crippen LogP contribution in [0.15, 0.2) is 12.2 Å². The Morgan fingerprint density at radius 1 is 1.37 bits per heavy atom. The quantitative estimate of drug-likeness (QED) is 0.790. The van der Waals surface area contributed by atoms with Crippen LogP contribution in [-0.4, -0.2) is 34.8 Å². The van der Waals surface area contributed by atoms with Crippen molar-refractivity contribution in [1.82, 2.24) is 10.2 Å². The van der Waals surface area contributed by atoms with E-state index in [0.29, 0.717) is 6.54 Å². The van der Waals surface area contributed by atoms with Crippen molar-refractivity contribution < 1.29 is 9.59 Å². The molecule has 1 N–H and O–H groups in total. The van der Waals surface area contributed by atoms with Crippen LogP contribution >= 0.6 is 0 Å². The average Bonchev–Trinajstić information content (AvgIpc) is 2.87. The second-order valence-electron chi connectivity index (χ2n) is 5.57. The van der Waals surface area contributed by atoms with E-state index in [9.17, 15) is 9.59 Å². The fourth-order valence-corrected chi connectivity index (χ4v) is 3.29. The maximum Gasteiger partial charge on any atom is 0.246 e. The number of rotatable bonds is 4. The molecule has 0 bridgehead atoms. The molecule has 1 aliphatic carbocycles. The van der Waals surface area contributed by atoms with Crippen molar-refractivity contribution in [1.29, 1.82) is 0 Å². The van der Waals surface area contributed by atoms with Gasteiger partial charge in [0.15, 0.2) is 0 Å². The van der Waals surface area contributed by atoms with Gasteiger partial charge in [-0.1, -0.05) is 38.3 Å². The SMILES string of the molecule is C/C=C/CN1C(=O)C(CCC)NC(=O)C12CCCC2. The van der Waals surface area contributed by atoms with Crippen LogP contribution in [-0.2, 0) is 9.59 Å². The minimum absolute atomic E-state index is 0.0625. The average molecular weight is 264 g/mol. The van der Waals surface area contributed by atoms with Crippen molar-refractivity contribution in [3.05, 3.63) is 12.2 Å². The van der Waals surface area contributed by atoms with E-state index in [4.69, 9.17) is 0 Å². The van der Waals surface area contributed by atoms with Crippen LogP contribution in [0.3, 0.4) is 0 Å². The number of nitrogens with zero attached hydrogens (tertiary/aromatic N) is 1. The summed E-state index contributed by atoms with van der Waals surface area (Å²) < 4.78 is 0. The third kappa shape index (κ3) is 2.40. The Balaban J connectivity index is 2.27. The van der Waals surface area contributed by atoms with E-state index < -0.39 is 5.54 Å². The fourth-order valence-electron chi connectivity index (χ4n) is 3.29. The van der Waals surface area contributed by atoms with Crippen LogP contribution in [0.1, 0.15) is 52.4 Å². The lowest BCUT2D eigenvalue weighted by Gasteiger charge is -2.46. The molecular formula is C15H24N2O2. The summed E-state index contributed by atoms with van der Waals surface area (Å²) in [4.78, 5) is 26.9. The lowest BCUT2D eigenvalue weighted by molar-refractivity contribution is -0.156. The van der Waals surface area contributed by atoms with Crippen molar-refractivity contribution in [2.75, 3.05) is 6.54 Å². The Morgan fingerprint density at radius 2 is 2.05 bits per heavy atom. The van der Waals surface area contributed by atoms with E-state index in [1.807, 2.05) is 30.9 Å². The molecule has 2 aliphatic rings. The summed E-state index contributed by atoms with van der Waals surface area (Å²) in [6.07, 6.45) is 9.23. The van der Waals surface area contributed by atoms with E-state index in [1.54, 1.807) is 0 Å². The zero-order valence-corrected chi connectivity index (χ0v) is 11.9. The van der Waals surface area contributed by atoms with Gasteiger partial charge in [-0.25, -0.2) is 0 Å². The van der Waals surface area contributed by atoms with Crippen LogP contribution in [0.4, 0.5) is 0 Å². The Labute approximate surface area is 115 Å². The van der Waals surface area contributed by atoms with Crippen molar-refractivity contribution in [2.24, 2.45) is 0 Å². The van der Waals surface area contributed by atoms with E-state index in [2.05, 4.69) is 5.32 Å². The molecule has 1 aliphatic heterocycles. The van der Waals surface area contributed by atoms with Gasteiger partial charge in [0.2, 0.25) is 11.8 Å². The molecule has 4 nitrogen and oxygen atoms in total. The van der Waals surface area contributed by atoms with Crippen LogP contribution in [0.5, 0.6) is 0 Å². The zero-order chi connectivity index (χ0) is 13.9. The molecule has 1 unspecified atom stereocenters. The van der Waals surface area contributed by atoms with Crippen molar-refractivity contribution in [3.63, 3.8) is 0 Å². The minimum Gasteiger partial charge on any atom is -0.342 e. The number of hydrogen-bond acceptors (Lipinski definition) is 2. The highest BCUT2D eigenvalue weighted by Crippen LogP contribution is 2.38. The molecule has 0 aromatic rings. The smallest absolute Gasteiger partial charge is 0.246 e. The first-order valence-electron chi connectivity index (χ1n) is 7.39. The molecule has 106 valence electrons. The predicted octanol–water partition coefficient (Wildman–Crippen LogP) is 2.00. The molecule has 1 saturated carbocycles. The largest absolute Gasteiger partial charge is 0.342 e. The van der Waals surface area contributed by atoms with Gasteiger partial charge in [-0.3, -0.25) is 9.59 Å². The molecule has 1 spiro atoms. The van der Waals surface area contributed by atoms with Crippen LogP contribution in [0, 0.1) is 0 Å². The normalized spacial score (nSPS) is 26.4. The highest BCUT2D eigenvalue weighted by molar-refractivity contribution is 6.00. The number of piperazine rings is 1. The first-order chi connectivity index (χ1) is 9.15. The molecule has 0 aromatic carbocycles. The number of allylic oxidation sites excluding steroid dienone is 1. The molecular weight excluding hydrogens is 240 g/mol. The molecule has 1 atom stereocenters. The van der Waals surface area contributed by atoms with Crippen LogP contribution in [0.2, 0.25) is 0 Å². The van der Waals surface area contributed by atoms with Gasteiger partial charge in [0, 0.05) is 6.54 Å². The molecule has 2 fully saturated rings. The second kappa shape index (κ2) is 5.76. The Kier molecular flexibility index (Phi) is 4.27. The van der Waals surface area contributed by atoms with E-state index in [-0.39, 0.29) is 17.9 Å². The molecule has 1 heterocycles. The standard InChI is InChI=1S/C15H24N2O2/c1-3-5-11-17-13(18)12(8-4-2)16-14(19)15(17)9-6-7-10-15/h3,5,12H,4,6-11H2,1-2H3,(H,16,19)/b5-3+. The Morgan fingerprint density at radius 3 is 2.63 bits per heavy atom. The maximum atomic E-state index is 12.6. The first kappa shape index (κ1) is 14.1. The summed E-state index contributed by atoms with van der Waals surface area (Å²) in [7, 11) is 0. The molecule has 19 heavy (non-hydrogen) atoms. The van der Waals surface area contributed by atoms with Crippen molar-refractivity contribution in [3.8, 4) is 0 Å². The van der Waals surface area contributed by atoms with Gasteiger partial charge < -0.3 is 10.2 Å². The summed E-state index contributed by atoms with van der Waals surface area (Å²) in [6, 6.07) is -0.325. The molecule has 4 heteroatoms. The fraction of sp³-hybridized carbons (Fsp3) is 0.733. The summed E-state index contributed by atoms with van der Waals surface area (Å²) in [5, 5.41) is 2.95. The number of nitrogens with one attached hydrogen (secondary N) is 1. The van der Waals surface area contributed by atoms with E-state index >= 15 is 0 Å². The summed E-state index contributed by atoms with van der Waals surface area (Å²) >= 11 is 0. The number of amides is 2. The van der Waals surface area contributed by atoms with Gasteiger partial charge in [-0.05, 0) is 26.2 Å². The number of carbonyl (C=O) groups excluding carboxylic acids is 2. The zero-order valence-electron chi connectivity index (χ0n) is 11.9. The molecule has 2 amide bonds. The Bertz CT molecular complexity index is 384. The Hall–Kier alpha value is -1.32. The van der Waals surface area contributed by atoms with Crippen molar-refractivity contribution >= 4 is 11.8 Å². The predicted molar refractivity (Wildman–Crippen MR) is 74.6 cm³/mol. The van der Waals surface area contributed by atoms with Gasteiger partial charge in [-0.2, -0.15) is 0 Å². The molecule has 0 radical (unpaired) electrons. The number of carbonyl (C=O) groups is 2. The van der Waals surface area contributed by atoms with Crippen LogP contribution < -0.4 is 5.32 Å². The lowest BCUT2D eigenvalue weighted by atomic mass is 9.88. The van der Waals surface area contributed by atoms with Crippen molar-refractivity contribution in [2.45, 2.75) is 64.0 Å². The highest BCUT2D eigenvalue weighted by Gasteiger charge is 2.52. The third-order valence-electron chi connectivity index (χ3n) is 4.34. The lowest BCUT2D eigenvalue weighted by Crippen LogP contribution is -2.69. The van der Waals surface area contributed by atoms with Gasteiger partial charge in [-0.15, -0.1) is 0 Å². The minimum atomic E-state index is -0.569. The van der Waals surface area contributed by atoms with E-state index in [1.165, 1.54) is 0 Å². The van der Waals surface area contributed by atoms with Gasteiger partial charge in [0.1, 0.15) is 11.6 Å². The summed E-state index contributed by atoms with van der Waals surface area (Å²) in [5.41, 5.74) is -0.569. The van der Waals surface area contributed by atoms with Gasteiger partial charge in [0.25, 0.3) is 0 Å².